The van der Waals surface area contributed by atoms with E-state index in [1.54, 1.807) is 12.1 Å². The van der Waals surface area contributed by atoms with E-state index in [1.165, 1.54) is 17.0 Å². The van der Waals surface area contributed by atoms with Crippen LogP contribution in [0.2, 0.25) is 0 Å². The van der Waals surface area contributed by atoms with Gasteiger partial charge in [0.1, 0.15) is 5.75 Å². The average Bonchev–Trinajstić information content (AvgIpc) is 3.06. The molecule has 1 saturated heterocycles. The lowest BCUT2D eigenvalue weighted by Gasteiger charge is -2.28. The fraction of sp³-hybridized carbons (Fsp3) is 0.467. The standard InChI is InChI=1S/C15H13Br2NO3/c16-12-8-5-9(13(12)17)11-10(8)14(20)18(15(11)21)6-1-3-7(19)4-2-6/h1-4,8-13,19H,5H2/t8-,9-,10-,11+,12-,13+/m1/s1. The van der Waals surface area contributed by atoms with Gasteiger partial charge in [0.2, 0.25) is 11.8 Å². The minimum absolute atomic E-state index is 0.0907. The van der Waals surface area contributed by atoms with Crippen molar-refractivity contribution in [3.63, 3.8) is 0 Å². The molecule has 1 heterocycles. The van der Waals surface area contributed by atoms with Crippen LogP contribution in [0.15, 0.2) is 24.3 Å². The van der Waals surface area contributed by atoms with Gasteiger partial charge in [-0.05, 0) is 42.5 Å². The number of benzene rings is 1. The Morgan fingerprint density at radius 3 is 1.90 bits per heavy atom. The second-order valence-corrected chi connectivity index (χ2v) is 8.15. The molecule has 0 unspecified atom stereocenters. The van der Waals surface area contributed by atoms with Gasteiger partial charge in [-0.3, -0.25) is 14.5 Å². The summed E-state index contributed by atoms with van der Waals surface area (Å²) < 4.78 is 0. The van der Waals surface area contributed by atoms with Crippen molar-refractivity contribution < 1.29 is 14.7 Å². The number of halogens is 2. The molecule has 3 aliphatic rings. The highest BCUT2D eigenvalue weighted by Gasteiger charge is 2.66. The van der Waals surface area contributed by atoms with Crippen LogP contribution in [0.4, 0.5) is 5.69 Å². The smallest absolute Gasteiger partial charge is 0.238 e. The number of anilines is 1. The first-order valence-corrected chi connectivity index (χ1v) is 8.79. The summed E-state index contributed by atoms with van der Waals surface area (Å²) >= 11 is 7.34. The molecule has 6 atom stereocenters. The Kier molecular flexibility index (Phi) is 2.99. The zero-order valence-corrected chi connectivity index (χ0v) is 14.1. The Bertz CT molecular complexity index is 600. The molecule has 6 heteroatoms. The number of fused-ring (bicyclic) bond motifs is 5. The van der Waals surface area contributed by atoms with Crippen molar-refractivity contribution in [2.45, 2.75) is 16.1 Å². The van der Waals surface area contributed by atoms with Crippen molar-refractivity contribution in [3.8, 4) is 5.75 Å². The van der Waals surface area contributed by atoms with Crippen LogP contribution in [-0.2, 0) is 9.59 Å². The van der Waals surface area contributed by atoms with E-state index >= 15 is 0 Å². The van der Waals surface area contributed by atoms with Crippen molar-refractivity contribution in [2.75, 3.05) is 4.90 Å². The third-order valence-electron chi connectivity index (χ3n) is 5.10. The zero-order chi connectivity index (χ0) is 14.9. The molecule has 3 fully saturated rings. The van der Waals surface area contributed by atoms with Crippen LogP contribution >= 0.6 is 31.9 Å². The summed E-state index contributed by atoms with van der Waals surface area (Å²) in [5.74, 6) is -0.00642. The maximum Gasteiger partial charge on any atom is 0.238 e. The lowest BCUT2D eigenvalue weighted by Crippen LogP contribution is -2.37. The first kappa shape index (κ1) is 13.8. The molecule has 21 heavy (non-hydrogen) atoms. The molecule has 0 aromatic heterocycles. The summed E-state index contributed by atoms with van der Waals surface area (Å²) in [5, 5.41) is 9.36. The SMILES string of the molecule is O=C1[C@@H]2[C@H]3C[C@@H]([C@H](Br)[C@@H]3Br)[C@@H]2C(=O)N1c1ccc(O)cc1. The van der Waals surface area contributed by atoms with Crippen molar-refractivity contribution in [1.29, 1.82) is 0 Å². The van der Waals surface area contributed by atoms with Crippen molar-refractivity contribution in [3.05, 3.63) is 24.3 Å². The van der Waals surface area contributed by atoms with E-state index in [1.807, 2.05) is 0 Å². The molecule has 2 saturated carbocycles. The molecule has 0 spiro atoms. The lowest BCUT2D eigenvalue weighted by atomic mass is 9.81. The molecule has 1 aromatic carbocycles. The van der Waals surface area contributed by atoms with Crippen LogP contribution in [-0.4, -0.2) is 26.6 Å². The highest BCUT2D eigenvalue weighted by atomic mass is 79.9. The van der Waals surface area contributed by atoms with Crippen molar-refractivity contribution in [2.24, 2.45) is 23.7 Å². The number of nitrogens with zero attached hydrogens (tertiary/aromatic N) is 1. The van der Waals surface area contributed by atoms with Crippen LogP contribution in [0.3, 0.4) is 0 Å². The zero-order valence-electron chi connectivity index (χ0n) is 10.9. The largest absolute Gasteiger partial charge is 0.508 e. The fourth-order valence-corrected chi connectivity index (χ4v) is 6.08. The number of imide groups is 1. The molecule has 1 aromatic rings. The number of carbonyl (C=O) groups excluding carboxylic acids is 2. The number of rotatable bonds is 1. The van der Waals surface area contributed by atoms with Gasteiger partial charge in [0.05, 0.1) is 17.5 Å². The third-order valence-corrected chi connectivity index (χ3v) is 8.30. The summed E-state index contributed by atoms with van der Waals surface area (Å²) in [5.41, 5.74) is 0.550. The minimum atomic E-state index is -0.200. The Balaban J connectivity index is 1.73. The number of hydrogen-bond acceptors (Lipinski definition) is 3. The number of amides is 2. The van der Waals surface area contributed by atoms with Gasteiger partial charge in [-0.15, -0.1) is 0 Å². The average molecular weight is 415 g/mol. The molecule has 4 nitrogen and oxygen atoms in total. The molecule has 1 N–H and O–H groups in total. The van der Waals surface area contributed by atoms with E-state index in [0.29, 0.717) is 5.69 Å². The molecule has 1 aliphatic heterocycles. The van der Waals surface area contributed by atoms with Gasteiger partial charge >= 0.3 is 0 Å². The molecule has 0 radical (unpaired) electrons. The summed E-state index contributed by atoms with van der Waals surface area (Å²) in [6, 6.07) is 6.23. The number of carbonyl (C=O) groups is 2. The topological polar surface area (TPSA) is 57.6 Å². The third kappa shape index (κ3) is 1.72. The van der Waals surface area contributed by atoms with Crippen molar-refractivity contribution in [1.82, 2.24) is 0 Å². The van der Waals surface area contributed by atoms with Crippen LogP contribution in [0, 0.1) is 23.7 Å². The Morgan fingerprint density at radius 2 is 1.43 bits per heavy atom. The van der Waals surface area contributed by atoms with Crippen molar-refractivity contribution >= 4 is 49.4 Å². The minimum Gasteiger partial charge on any atom is -0.508 e. The van der Waals surface area contributed by atoms with Gasteiger partial charge in [0.25, 0.3) is 0 Å². The van der Waals surface area contributed by atoms with Crippen LogP contribution in [0.5, 0.6) is 5.75 Å². The molecular formula is C15H13Br2NO3. The Labute approximate surface area is 138 Å². The van der Waals surface area contributed by atoms with E-state index in [2.05, 4.69) is 31.9 Å². The van der Waals surface area contributed by atoms with Gasteiger partial charge in [-0.25, -0.2) is 0 Å². The number of phenolic OH excluding ortho intramolecular Hbond substituents is 1. The number of aromatic hydroxyl groups is 1. The molecule has 4 rings (SSSR count). The van der Waals surface area contributed by atoms with Gasteiger partial charge in [-0.2, -0.15) is 0 Å². The Morgan fingerprint density at radius 1 is 0.952 bits per heavy atom. The molecule has 2 amide bonds. The molecule has 2 aliphatic carbocycles. The van der Waals surface area contributed by atoms with Gasteiger partial charge in [0, 0.05) is 9.65 Å². The van der Waals surface area contributed by atoms with E-state index in [-0.39, 0.29) is 50.9 Å². The van der Waals surface area contributed by atoms with Gasteiger partial charge < -0.3 is 5.11 Å². The molecular weight excluding hydrogens is 402 g/mol. The van der Waals surface area contributed by atoms with E-state index in [9.17, 15) is 14.7 Å². The first-order chi connectivity index (χ1) is 10.0. The van der Waals surface area contributed by atoms with E-state index < -0.39 is 0 Å². The quantitative estimate of drug-likeness (QED) is 0.567. The highest BCUT2D eigenvalue weighted by molar-refractivity contribution is 9.12. The second-order valence-electron chi connectivity index (χ2n) is 6.03. The fourth-order valence-electron chi connectivity index (χ4n) is 4.20. The van der Waals surface area contributed by atoms with E-state index in [0.717, 1.165) is 6.42 Å². The highest BCUT2D eigenvalue weighted by Crippen LogP contribution is 2.60. The summed E-state index contributed by atoms with van der Waals surface area (Å²) in [4.78, 5) is 27.3. The number of alkyl halides is 2. The second kappa shape index (κ2) is 4.56. The molecule has 110 valence electrons. The Hall–Kier alpha value is -0.880. The van der Waals surface area contributed by atoms with Crippen LogP contribution in [0.25, 0.3) is 0 Å². The van der Waals surface area contributed by atoms with Gasteiger partial charge in [-0.1, -0.05) is 31.9 Å². The predicted octanol–water partition coefficient (Wildman–Crippen LogP) is 2.67. The summed E-state index contributed by atoms with van der Waals surface area (Å²) in [6.45, 7) is 0. The lowest BCUT2D eigenvalue weighted by molar-refractivity contribution is -0.123. The monoisotopic (exact) mass is 413 g/mol. The summed E-state index contributed by atoms with van der Waals surface area (Å²) in [6.07, 6.45) is 0.933. The molecule has 2 bridgehead atoms. The number of hydrogen-bond donors (Lipinski definition) is 1. The normalized spacial score (nSPS) is 41.0. The van der Waals surface area contributed by atoms with Crippen LogP contribution in [0.1, 0.15) is 6.42 Å². The van der Waals surface area contributed by atoms with Gasteiger partial charge in [0.15, 0.2) is 0 Å². The first-order valence-electron chi connectivity index (χ1n) is 6.95. The number of phenols is 1. The van der Waals surface area contributed by atoms with Crippen LogP contribution < -0.4 is 4.90 Å². The summed E-state index contributed by atoms with van der Waals surface area (Å²) in [7, 11) is 0. The predicted molar refractivity (Wildman–Crippen MR) is 84.6 cm³/mol. The maximum atomic E-state index is 12.7. The maximum absolute atomic E-state index is 12.7. The van der Waals surface area contributed by atoms with E-state index in [4.69, 9.17) is 0 Å².